The van der Waals surface area contributed by atoms with Crippen LogP contribution in [0.15, 0.2) is 71.1 Å². The first-order chi connectivity index (χ1) is 18.3. The molecule has 0 aliphatic heterocycles. The number of furan rings is 1. The highest BCUT2D eigenvalue weighted by molar-refractivity contribution is 7.99. The van der Waals surface area contributed by atoms with Gasteiger partial charge in [0.15, 0.2) is 5.76 Å². The molecular formula is C29H29ClN2O5S. The number of aromatic nitrogens is 1. The smallest absolute Gasteiger partial charge is 0.304 e. The molecule has 0 saturated heterocycles. The van der Waals surface area contributed by atoms with Gasteiger partial charge in [0, 0.05) is 41.9 Å². The lowest BCUT2D eigenvalue weighted by Gasteiger charge is -2.17. The number of ether oxygens (including phenoxy) is 1. The van der Waals surface area contributed by atoms with Crippen molar-refractivity contribution in [3.05, 3.63) is 94.5 Å². The van der Waals surface area contributed by atoms with E-state index in [2.05, 4.69) is 4.98 Å². The number of carbonyl (C=O) groups excluding carboxylic acids is 1. The highest BCUT2D eigenvalue weighted by Crippen LogP contribution is 2.35. The molecule has 2 aromatic carbocycles. The summed E-state index contributed by atoms with van der Waals surface area (Å²) in [6.45, 7) is 0.303. The minimum atomic E-state index is -0.824. The van der Waals surface area contributed by atoms with Gasteiger partial charge in [0.1, 0.15) is 18.1 Å². The van der Waals surface area contributed by atoms with Gasteiger partial charge in [-0.1, -0.05) is 35.9 Å². The summed E-state index contributed by atoms with van der Waals surface area (Å²) in [7, 11) is 3.36. The molecule has 4 aromatic rings. The number of fused-ring (bicyclic) bond motifs is 1. The second kappa shape index (κ2) is 12.8. The normalized spacial score (nSPS) is 11.9. The zero-order chi connectivity index (χ0) is 27.1. The van der Waals surface area contributed by atoms with E-state index in [-0.39, 0.29) is 17.6 Å². The Labute approximate surface area is 230 Å². The summed E-state index contributed by atoms with van der Waals surface area (Å²) in [5, 5.41) is 10.8. The lowest BCUT2D eigenvalue weighted by Crippen LogP contribution is -2.20. The topological polar surface area (TPSA) is 92.9 Å². The maximum atomic E-state index is 12.2. The van der Waals surface area contributed by atoms with Crippen LogP contribution in [0.2, 0.25) is 5.02 Å². The fourth-order valence-electron chi connectivity index (χ4n) is 3.93. The highest BCUT2D eigenvalue weighted by atomic mass is 35.5. The van der Waals surface area contributed by atoms with Crippen molar-refractivity contribution in [1.29, 1.82) is 0 Å². The first kappa shape index (κ1) is 27.5. The fourth-order valence-corrected chi connectivity index (χ4v) is 5.30. The zero-order valence-corrected chi connectivity index (χ0v) is 22.8. The van der Waals surface area contributed by atoms with Crippen molar-refractivity contribution in [3.63, 3.8) is 0 Å². The van der Waals surface area contributed by atoms with Gasteiger partial charge < -0.3 is 19.2 Å². The van der Waals surface area contributed by atoms with Crippen molar-refractivity contribution >= 4 is 46.1 Å². The quantitative estimate of drug-likeness (QED) is 0.210. The average Bonchev–Trinajstić information content (AvgIpc) is 3.37. The molecule has 0 saturated carbocycles. The standard InChI is InChI=1S/C29H29ClN2O5S/c1-32(2)29(35)26-12-10-23(37-26)11-13-27(38-15-14-28(33)34)20-4-3-5-24(16-20)36-18-22-9-7-19-6-8-21(30)17-25(19)31-22/h3-10,12,16-17,27H,11,13-15,18H2,1-2H3,(H,33,34). The second-order valence-electron chi connectivity index (χ2n) is 9.01. The van der Waals surface area contributed by atoms with Gasteiger partial charge in [0.05, 0.1) is 17.6 Å². The minimum absolute atomic E-state index is 0.0249. The maximum Gasteiger partial charge on any atom is 0.304 e. The Morgan fingerprint density at radius 1 is 1.11 bits per heavy atom. The molecule has 7 nitrogen and oxygen atoms in total. The van der Waals surface area contributed by atoms with Crippen LogP contribution in [0.3, 0.4) is 0 Å². The predicted octanol–water partition coefficient (Wildman–Crippen LogP) is 6.64. The SMILES string of the molecule is CN(C)C(=O)c1ccc(CCC(SCCC(=O)O)c2cccc(OCc3ccc4ccc(Cl)cc4n3)c2)o1. The van der Waals surface area contributed by atoms with Crippen LogP contribution in [0, 0.1) is 0 Å². The predicted molar refractivity (Wildman–Crippen MR) is 150 cm³/mol. The molecule has 0 bridgehead atoms. The van der Waals surface area contributed by atoms with Crippen molar-refractivity contribution in [2.24, 2.45) is 0 Å². The summed E-state index contributed by atoms with van der Waals surface area (Å²) in [4.78, 5) is 29.4. The van der Waals surface area contributed by atoms with E-state index in [0.717, 1.165) is 22.2 Å². The van der Waals surface area contributed by atoms with Crippen LogP contribution in [0.1, 0.15) is 45.7 Å². The summed E-state index contributed by atoms with van der Waals surface area (Å²) in [6, 6.07) is 20.9. The van der Waals surface area contributed by atoms with E-state index >= 15 is 0 Å². The zero-order valence-electron chi connectivity index (χ0n) is 21.2. The number of nitrogens with zero attached hydrogens (tertiary/aromatic N) is 2. The van der Waals surface area contributed by atoms with Crippen LogP contribution < -0.4 is 4.74 Å². The molecule has 9 heteroatoms. The van der Waals surface area contributed by atoms with Gasteiger partial charge in [-0.05, 0) is 54.4 Å². The molecule has 1 atom stereocenters. The number of hydrogen-bond donors (Lipinski definition) is 1. The number of amides is 1. The molecule has 4 rings (SSSR count). The van der Waals surface area contributed by atoms with E-state index in [1.807, 2.05) is 60.7 Å². The van der Waals surface area contributed by atoms with Crippen LogP contribution in [-0.4, -0.2) is 46.7 Å². The summed E-state index contributed by atoms with van der Waals surface area (Å²) < 4.78 is 11.8. The summed E-state index contributed by atoms with van der Waals surface area (Å²) in [6.07, 6.45) is 1.40. The second-order valence-corrected chi connectivity index (χ2v) is 10.8. The Hall–Kier alpha value is -3.49. The summed E-state index contributed by atoms with van der Waals surface area (Å²) in [5.41, 5.74) is 2.64. The Morgan fingerprint density at radius 2 is 1.92 bits per heavy atom. The van der Waals surface area contributed by atoms with Crippen LogP contribution >= 0.6 is 23.4 Å². The van der Waals surface area contributed by atoms with Crippen LogP contribution in [-0.2, 0) is 17.8 Å². The van der Waals surface area contributed by atoms with Crippen molar-refractivity contribution in [2.45, 2.75) is 31.1 Å². The molecule has 198 valence electrons. The third-order valence-corrected chi connectivity index (χ3v) is 7.48. The molecule has 38 heavy (non-hydrogen) atoms. The number of carboxylic acids is 1. The van der Waals surface area contributed by atoms with Crippen molar-refractivity contribution < 1.29 is 23.8 Å². The molecule has 0 aliphatic rings. The number of aliphatic carboxylic acids is 1. The number of thioether (sulfide) groups is 1. The molecule has 0 fully saturated rings. The number of aryl methyl sites for hydroxylation is 1. The number of hydrogen-bond acceptors (Lipinski definition) is 6. The lowest BCUT2D eigenvalue weighted by atomic mass is 10.1. The van der Waals surface area contributed by atoms with Crippen molar-refractivity contribution in [3.8, 4) is 5.75 Å². The van der Waals surface area contributed by atoms with Crippen LogP contribution in [0.25, 0.3) is 10.9 Å². The van der Waals surface area contributed by atoms with Gasteiger partial charge in [-0.2, -0.15) is 11.8 Å². The number of carbonyl (C=O) groups is 2. The van der Waals surface area contributed by atoms with Crippen molar-refractivity contribution in [2.75, 3.05) is 19.8 Å². The first-order valence-electron chi connectivity index (χ1n) is 12.2. The number of halogens is 1. The molecule has 2 heterocycles. The number of carboxylic acid groups (broad SMARTS) is 1. The molecule has 1 amide bonds. The number of pyridine rings is 1. The Kier molecular flexibility index (Phi) is 9.31. The largest absolute Gasteiger partial charge is 0.487 e. The molecule has 2 aromatic heterocycles. The van der Waals surface area contributed by atoms with Gasteiger partial charge >= 0.3 is 5.97 Å². The van der Waals surface area contributed by atoms with Gasteiger partial charge in [0.25, 0.3) is 5.91 Å². The van der Waals surface area contributed by atoms with E-state index in [0.29, 0.717) is 47.5 Å². The Bertz CT molecular complexity index is 1420. The minimum Gasteiger partial charge on any atom is -0.487 e. The Morgan fingerprint density at radius 3 is 2.71 bits per heavy atom. The van der Waals surface area contributed by atoms with E-state index in [4.69, 9.17) is 25.9 Å². The van der Waals surface area contributed by atoms with Gasteiger partial charge in [-0.15, -0.1) is 0 Å². The highest BCUT2D eigenvalue weighted by Gasteiger charge is 2.17. The lowest BCUT2D eigenvalue weighted by molar-refractivity contribution is -0.136. The molecular weight excluding hydrogens is 524 g/mol. The van der Waals surface area contributed by atoms with Crippen molar-refractivity contribution in [1.82, 2.24) is 9.88 Å². The monoisotopic (exact) mass is 552 g/mol. The van der Waals surface area contributed by atoms with Crippen LogP contribution in [0.5, 0.6) is 5.75 Å². The van der Waals surface area contributed by atoms with Gasteiger partial charge in [-0.25, -0.2) is 4.98 Å². The molecule has 0 aliphatic carbocycles. The van der Waals surface area contributed by atoms with E-state index in [9.17, 15) is 9.59 Å². The molecule has 1 N–H and O–H groups in total. The number of rotatable bonds is 12. The molecule has 0 radical (unpaired) electrons. The molecule has 0 spiro atoms. The third-order valence-electron chi connectivity index (χ3n) is 5.89. The van der Waals surface area contributed by atoms with E-state index in [1.165, 1.54) is 4.90 Å². The first-order valence-corrected chi connectivity index (χ1v) is 13.6. The average molecular weight is 553 g/mol. The van der Waals surface area contributed by atoms with Gasteiger partial charge in [-0.3, -0.25) is 9.59 Å². The molecule has 1 unspecified atom stereocenters. The van der Waals surface area contributed by atoms with E-state index < -0.39 is 5.97 Å². The fraction of sp³-hybridized carbons (Fsp3) is 0.276. The Balaban J connectivity index is 1.44. The number of benzene rings is 2. The third kappa shape index (κ3) is 7.52. The summed E-state index contributed by atoms with van der Waals surface area (Å²) in [5.74, 6) is 1.20. The maximum absolute atomic E-state index is 12.2. The van der Waals surface area contributed by atoms with Crippen LogP contribution in [0.4, 0.5) is 0 Å². The van der Waals surface area contributed by atoms with Gasteiger partial charge in [0.2, 0.25) is 0 Å². The summed E-state index contributed by atoms with van der Waals surface area (Å²) >= 11 is 7.70. The van der Waals surface area contributed by atoms with E-state index in [1.54, 1.807) is 31.9 Å².